The maximum absolute atomic E-state index is 9.20. The minimum atomic E-state index is 0.213. The van der Waals surface area contributed by atoms with Crippen molar-refractivity contribution in [2.75, 3.05) is 13.2 Å². The molecule has 0 fully saturated rings. The molecule has 1 aromatic carbocycles. The summed E-state index contributed by atoms with van der Waals surface area (Å²) in [6.07, 6.45) is 7.51. The van der Waals surface area contributed by atoms with Crippen molar-refractivity contribution in [3.63, 3.8) is 0 Å². The van der Waals surface area contributed by atoms with E-state index in [-0.39, 0.29) is 6.61 Å². The van der Waals surface area contributed by atoms with Gasteiger partial charge in [0.2, 0.25) is 0 Å². The van der Waals surface area contributed by atoms with Gasteiger partial charge in [-0.3, -0.25) is 4.90 Å². The largest absolute Gasteiger partial charge is 0.461 e. The number of aromatic nitrogens is 3. The molecule has 0 atom stereocenters. The van der Waals surface area contributed by atoms with E-state index in [2.05, 4.69) is 44.9 Å². The topological polar surface area (TPSA) is 67.3 Å². The minimum absolute atomic E-state index is 0.213. The molecular formula is C23H24N4O2. The normalized spacial score (nSPS) is 14.4. The zero-order valence-electron chi connectivity index (χ0n) is 16.3. The number of furan rings is 1. The maximum Gasteiger partial charge on any atom is 0.195 e. The lowest BCUT2D eigenvalue weighted by molar-refractivity contribution is 0.243. The summed E-state index contributed by atoms with van der Waals surface area (Å²) in [7, 11) is 0. The van der Waals surface area contributed by atoms with Crippen LogP contribution >= 0.6 is 0 Å². The Kier molecular flexibility index (Phi) is 4.87. The number of rotatable bonds is 6. The summed E-state index contributed by atoms with van der Waals surface area (Å²) < 4.78 is 7.69. The van der Waals surface area contributed by atoms with Gasteiger partial charge in [0, 0.05) is 68.1 Å². The highest BCUT2D eigenvalue weighted by Crippen LogP contribution is 2.26. The Labute approximate surface area is 169 Å². The average Bonchev–Trinajstić information content (AvgIpc) is 3.41. The lowest BCUT2D eigenvalue weighted by Crippen LogP contribution is -2.30. The van der Waals surface area contributed by atoms with Gasteiger partial charge in [-0.15, -0.1) is 0 Å². The monoisotopic (exact) mass is 388 g/mol. The third-order valence-electron chi connectivity index (χ3n) is 5.58. The number of aryl methyl sites for hydroxylation is 1. The maximum atomic E-state index is 9.20. The predicted molar refractivity (Wildman–Crippen MR) is 111 cm³/mol. The second kappa shape index (κ2) is 7.81. The van der Waals surface area contributed by atoms with Gasteiger partial charge in [-0.2, -0.15) is 0 Å². The van der Waals surface area contributed by atoms with Crippen molar-refractivity contribution < 1.29 is 9.52 Å². The Morgan fingerprint density at radius 2 is 2.07 bits per heavy atom. The van der Waals surface area contributed by atoms with Gasteiger partial charge in [0.25, 0.3) is 0 Å². The van der Waals surface area contributed by atoms with E-state index in [1.807, 2.05) is 18.3 Å². The Balaban J connectivity index is 1.36. The van der Waals surface area contributed by atoms with Gasteiger partial charge < -0.3 is 14.1 Å². The molecule has 0 bridgehead atoms. The van der Waals surface area contributed by atoms with Gasteiger partial charge in [-0.1, -0.05) is 18.2 Å². The molecule has 4 aromatic rings. The molecule has 0 amide bonds. The van der Waals surface area contributed by atoms with E-state index in [4.69, 9.17) is 9.40 Å². The van der Waals surface area contributed by atoms with Crippen LogP contribution in [-0.2, 0) is 26.1 Å². The Morgan fingerprint density at radius 1 is 1.14 bits per heavy atom. The van der Waals surface area contributed by atoms with Crippen LogP contribution in [0.5, 0.6) is 0 Å². The van der Waals surface area contributed by atoms with Crippen LogP contribution in [0.1, 0.15) is 23.2 Å². The number of hydrogen-bond donors (Lipinski definition) is 1. The zero-order chi connectivity index (χ0) is 19.6. The fourth-order valence-corrected chi connectivity index (χ4v) is 4.15. The first-order chi connectivity index (χ1) is 14.3. The van der Waals surface area contributed by atoms with E-state index in [0.717, 1.165) is 44.7 Å². The van der Waals surface area contributed by atoms with Crippen LogP contribution < -0.4 is 0 Å². The van der Waals surface area contributed by atoms with Crippen molar-refractivity contribution >= 4 is 10.9 Å². The molecule has 0 saturated carbocycles. The number of para-hydroxylation sites is 1. The highest BCUT2D eigenvalue weighted by atomic mass is 16.3. The van der Waals surface area contributed by atoms with Crippen molar-refractivity contribution in [3.8, 4) is 11.6 Å². The third kappa shape index (κ3) is 3.57. The smallest absolute Gasteiger partial charge is 0.195 e. The SMILES string of the molecule is OCCCn1cc(CN2CCc3nc(-c4ccco4)ncc3C2)c2ccccc21. The number of fused-ring (bicyclic) bond motifs is 2. The van der Waals surface area contributed by atoms with Crippen LogP contribution in [0.4, 0.5) is 0 Å². The minimum Gasteiger partial charge on any atom is -0.461 e. The van der Waals surface area contributed by atoms with Crippen molar-refractivity contribution in [2.45, 2.75) is 32.5 Å². The Hall–Kier alpha value is -2.96. The summed E-state index contributed by atoms with van der Waals surface area (Å²) in [5.41, 5.74) is 4.87. The Bertz CT molecular complexity index is 1120. The van der Waals surface area contributed by atoms with Crippen LogP contribution in [0.15, 0.2) is 59.5 Å². The molecule has 0 aliphatic carbocycles. The van der Waals surface area contributed by atoms with Crippen LogP contribution in [0.3, 0.4) is 0 Å². The van der Waals surface area contributed by atoms with E-state index in [9.17, 15) is 5.11 Å². The number of aliphatic hydroxyl groups is 1. The van der Waals surface area contributed by atoms with Crippen LogP contribution in [0.25, 0.3) is 22.5 Å². The molecule has 4 heterocycles. The average molecular weight is 388 g/mol. The van der Waals surface area contributed by atoms with Crippen molar-refractivity contribution in [2.24, 2.45) is 0 Å². The van der Waals surface area contributed by atoms with E-state index in [1.54, 1.807) is 6.26 Å². The molecule has 0 unspecified atom stereocenters. The zero-order valence-corrected chi connectivity index (χ0v) is 16.3. The molecule has 6 heteroatoms. The summed E-state index contributed by atoms with van der Waals surface area (Å²) in [6.45, 7) is 3.77. The second-order valence-corrected chi connectivity index (χ2v) is 7.55. The lowest BCUT2D eigenvalue weighted by Gasteiger charge is -2.27. The van der Waals surface area contributed by atoms with Crippen LogP contribution in [0, 0.1) is 0 Å². The van der Waals surface area contributed by atoms with Gasteiger partial charge in [-0.05, 0) is 30.2 Å². The molecule has 0 radical (unpaired) electrons. The highest BCUT2D eigenvalue weighted by molar-refractivity contribution is 5.83. The quantitative estimate of drug-likeness (QED) is 0.546. The van der Waals surface area contributed by atoms with Gasteiger partial charge in [0.05, 0.1) is 12.0 Å². The second-order valence-electron chi connectivity index (χ2n) is 7.55. The first-order valence-electron chi connectivity index (χ1n) is 10.1. The van der Waals surface area contributed by atoms with Gasteiger partial charge in [-0.25, -0.2) is 9.97 Å². The summed E-state index contributed by atoms with van der Waals surface area (Å²) >= 11 is 0. The Morgan fingerprint density at radius 3 is 2.93 bits per heavy atom. The third-order valence-corrected chi connectivity index (χ3v) is 5.58. The van der Waals surface area contributed by atoms with E-state index >= 15 is 0 Å². The summed E-state index contributed by atoms with van der Waals surface area (Å²) in [6, 6.07) is 12.3. The van der Waals surface area contributed by atoms with E-state index < -0.39 is 0 Å². The fraction of sp³-hybridized carbons (Fsp3) is 0.304. The molecule has 29 heavy (non-hydrogen) atoms. The number of nitrogens with zero attached hydrogens (tertiary/aromatic N) is 4. The molecule has 1 N–H and O–H groups in total. The summed E-state index contributed by atoms with van der Waals surface area (Å²) in [5.74, 6) is 1.38. The van der Waals surface area contributed by atoms with E-state index in [1.165, 1.54) is 22.0 Å². The van der Waals surface area contributed by atoms with Gasteiger partial charge >= 0.3 is 0 Å². The van der Waals surface area contributed by atoms with Crippen molar-refractivity contribution in [3.05, 3.63) is 71.9 Å². The summed E-state index contributed by atoms with van der Waals surface area (Å²) in [5, 5.41) is 10.5. The molecule has 5 rings (SSSR count). The molecule has 6 nitrogen and oxygen atoms in total. The molecule has 0 saturated heterocycles. The number of hydrogen-bond acceptors (Lipinski definition) is 5. The van der Waals surface area contributed by atoms with Gasteiger partial charge in [0.15, 0.2) is 11.6 Å². The first-order valence-corrected chi connectivity index (χ1v) is 10.1. The van der Waals surface area contributed by atoms with Crippen molar-refractivity contribution in [1.29, 1.82) is 0 Å². The molecule has 3 aromatic heterocycles. The highest BCUT2D eigenvalue weighted by Gasteiger charge is 2.21. The molecule has 1 aliphatic heterocycles. The molecule has 148 valence electrons. The van der Waals surface area contributed by atoms with Crippen LogP contribution in [0.2, 0.25) is 0 Å². The van der Waals surface area contributed by atoms with Crippen molar-refractivity contribution in [1.82, 2.24) is 19.4 Å². The first kappa shape index (κ1) is 18.1. The number of benzene rings is 1. The number of aliphatic hydroxyl groups excluding tert-OH is 1. The molecule has 1 aliphatic rings. The predicted octanol–water partition coefficient (Wildman–Crippen LogP) is 3.63. The van der Waals surface area contributed by atoms with Gasteiger partial charge in [0.1, 0.15) is 0 Å². The standard InChI is InChI=1S/C23H24N4O2/c28-11-4-9-27-16-18(19-5-1-2-6-21(19)27)15-26-10-8-20-17(14-26)13-24-23(25-20)22-7-3-12-29-22/h1-3,5-7,12-13,16,28H,4,8-11,14-15H2. The summed E-state index contributed by atoms with van der Waals surface area (Å²) in [4.78, 5) is 11.7. The van der Waals surface area contributed by atoms with Crippen LogP contribution in [-0.4, -0.2) is 37.7 Å². The lowest BCUT2D eigenvalue weighted by atomic mass is 10.1. The molecular weight excluding hydrogens is 364 g/mol. The fourth-order valence-electron chi connectivity index (χ4n) is 4.15. The van der Waals surface area contributed by atoms with E-state index in [0.29, 0.717) is 11.6 Å². The molecule has 0 spiro atoms.